The summed E-state index contributed by atoms with van der Waals surface area (Å²) in [6.07, 6.45) is 9.32. The highest BCUT2D eigenvalue weighted by atomic mass is 17.5. The van der Waals surface area contributed by atoms with Gasteiger partial charge in [0.15, 0.2) is 0 Å². The van der Waals surface area contributed by atoms with Gasteiger partial charge in [-0.05, 0) is 31.7 Å². The monoisotopic (exact) mass is 330 g/mol. The first-order valence-corrected chi connectivity index (χ1v) is 8.32. The van der Waals surface area contributed by atoms with E-state index in [1.54, 1.807) is 13.8 Å². The average Bonchev–Trinajstić information content (AvgIpc) is 2.52. The first kappa shape index (κ1) is 21.6. The van der Waals surface area contributed by atoms with Crippen LogP contribution in [0.3, 0.4) is 0 Å². The third kappa shape index (κ3) is 14.0. The lowest BCUT2D eigenvalue weighted by Gasteiger charge is -2.19. The van der Waals surface area contributed by atoms with Gasteiger partial charge in [-0.3, -0.25) is 4.89 Å². The second kappa shape index (κ2) is 13.1. The first-order chi connectivity index (χ1) is 10.9. The summed E-state index contributed by atoms with van der Waals surface area (Å²) >= 11 is 0. The highest BCUT2D eigenvalue weighted by molar-refractivity contribution is 5.91. The number of ether oxygens (including phenoxy) is 1. The van der Waals surface area contributed by atoms with E-state index in [2.05, 4.69) is 16.8 Å². The van der Waals surface area contributed by atoms with Gasteiger partial charge in [0.1, 0.15) is 5.60 Å². The van der Waals surface area contributed by atoms with Crippen molar-refractivity contribution in [3.05, 3.63) is 12.2 Å². The lowest BCUT2D eigenvalue weighted by atomic mass is 10.1. The van der Waals surface area contributed by atoms with Crippen molar-refractivity contribution in [3.8, 4) is 0 Å². The lowest BCUT2D eigenvalue weighted by molar-refractivity contribution is -0.515. The minimum atomic E-state index is -0.839. The molecule has 0 unspecified atom stereocenters. The third-order valence-corrected chi connectivity index (χ3v) is 3.32. The standard InChI is InChI=1S/C17H30O6/c1-5-7-8-9-10-11-14-20-15(18)12-13-16(19)21-23-22-17(3,4)6-2/h12-13H,5-11,14H2,1-4H3/b13-12+. The van der Waals surface area contributed by atoms with Gasteiger partial charge in [-0.25, -0.2) is 9.59 Å². The minimum Gasteiger partial charge on any atom is -0.463 e. The zero-order chi connectivity index (χ0) is 17.6. The van der Waals surface area contributed by atoms with Crippen LogP contribution >= 0.6 is 0 Å². The molecule has 0 saturated carbocycles. The van der Waals surface area contributed by atoms with Crippen molar-refractivity contribution in [2.24, 2.45) is 0 Å². The van der Waals surface area contributed by atoms with Crippen LogP contribution in [0.4, 0.5) is 0 Å². The number of rotatable bonds is 13. The minimum absolute atomic E-state index is 0.356. The van der Waals surface area contributed by atoms with Crippen LogP contribution in [-0.2, 0) is 29.1 Å². The predicted octanol–water partition coefficient (Wildman–Crippen LogP) is 4.04. The molecule has 0 spiro atoms. The van der Waals surface area contributed by atoms with Crippen molar-refractivity contribution in [2.75, 3.05) is 6.61 Å². The van der Waals surface area contributed by atoms with Crippen molar-refractivity contribution in [1.29, 1.82) is 0 Å². The molecular formula is C17H30O6. The molecule has 0 saturated heterocycles. The number of hydrogen-bond donors (Lipinski definition) is 0. The summed E-state index contributed by atoms with van der Waals surface area (Å²) in [5.41, 5.74) is -0.556. The highest BCUT2D eigenvalue weighted by Gasteiger charge is 2.18. The Bertz CT molecular complexity index is 362. The van der Waals surface area contributed by atoms with Crippen LogP contribution in [0, 0.1) is 0 Å². The third-order valence-electron chi connectivity index (χ3n) is 3.32. The van der Waals surface area contributed by atoms with Crippen molar-refractivity contribution >= 4 is 11.9 Å². The van der Waals surface area contributed by atoms with Crippen LogP contribution in [-0.4, -0.2) is 24.1 Å². The summed E-state index contributed by atoms with van der Waals surface area (Å²) < 4.78 is 4.97. The first-order valence-electron chi connectivity index (χ1n) is 8.32. The van der Waals surface area contributed by atoms with Gasteiger partial charge >= 0.3 is 11.9 Å². The van der Waals surface area contributed by atoms with Gasteiger partial charge in [0.25, 0.3) is 0 Å². The number of unbranched alkanes of at least 4 members (excludes halogenated alkanes) is 5. The predicted molar refractivity (Wildman–Crippen MR) is 86.1 cm³/mol. The van der Waals surface area contributed by atoms with E-state index in [9.17, 15) is 9.59 Å². The normalized spacial score (nSPS) is 11.7. The number of carbonyl (C=O) groups excluding carboxylic acids is 2. The molecule has 6 heteroatoms. The Hall–Kier alpha value is -1.40. The second-order valence-electron chi connectivity index (χ2n) is 5.94. The van der Waals surface area contributed by atoms with Crippen LogP contribution in [0.15, 0.2) is 12.2 Å². The van der Waals surface area contributed by atoms with Gasteiger partial charge in [-0.15, -0.1) is 0 Å². The molecule has 0 aromatic heterocycles. The molecule has 0 aliphatic carbocycles. The molecule has 0 aromatic carbocycles. The fraction of sp³-hybridized carbons (Fsp3) is 0.765. The van der Waals surface area contributed by atoms with Gasteiger partial charge in [-0.2, -0.15) is 4.89 Å². The summed E-state index contributed by atoms with van der Waals surface area (Å²) in [5.74, 6) is -1.42. The Morgan fingerprint density at radius 1 is 0.913 bits per heavy atom. The summed E-state index contributed by atoms with van der Waals surface area (Å²) in [6, 6.07) is 0. The van der Waals surface area contributed by atoms with Crippen LogP contribution in [0.2, 0.25) is 0 Å². The number of esters is 1. The van der Waals surface area contributed by atoms with Gasteiger partial charge in [0.2, 0.25) is 0 Å². The Morgan fingerprint density at radius 2 is 1.52 bits per heavy atom. The van der Waals surface area contributed by atoms with E-state index >= 15 is 0 Å². The Balaban J connectivity index is 3.68. The quantitative estimate of drug-likeness (QED) is 0.167. The zero-order valence-electron chi connectivity index (χ0n) is 14.8. The van der Waals surface area contributed by atoms with E-state index in [-0.39, 0.29) is 0 Å². The van der Waals surface area contributed by atoms with E-state index in [1.807, 2.05) is 6.92 Å². The topological polar surface area (TPSA) is 71.1 Å². The molecule has 23 heavy (non-hydrogen) atoms. The molecule has 0 bridgehead atoms. The molecule has 0 aliphatic rings. The smallest absolute Gasteiger partial charge is 0.369 e. The maximum Gasteiger partial charge on any atom is 0.369 e. The van der Waals surface area contributed by atoms with E-state index in [4.69, 9.17) is 9.62 Å². The maximum absolute atomic E-state index is 11.4. The van der Waals surface area contributed by atoms with E-state index in [0.29, 0.717) is 13.0 Å². The zero-order valence-corrected chi connectivity index (χ0v) is 14.8. The molecule has 0 radical (unpaired) electrons. The SMILES string of the molecule is CCCCCCCCOC(=O)/C=C/C(=O)OOOC(C)(C)CC. The molecule has 0 heterocycles. The molecule has 0 N–H and O–H groups in total. The van der Waals surface area contributed by atoms with Gasteiger partial charge < -0.3 is 4.74 Å². The summed E-state index contributed by atoms with van der Waals surface area (Å²) in [6.45, 7) is 8.01. The number of carbonyl (C=O) groups is 2. The molecule has 0 aliphatic heterocycles. The van der Waals surface area contributed by atoms with Crippen LogP contribution in [0.1, 0.15) is 72.6 Å². The highest BCUT2D eigenvalue weighted by Crippen LogP contribution is 2.13. The Kier molecular flexibility index (Phi) is 12.3. The van der Waals surface area contributed by atoms with E-state index in [1.165, 1.54) is 19.3 Å². The number of hydrogen-bond acceptors (Lipinski definition) is 6. The lowest BCUT2D eigenvalue weighted by Crippen LogP contribution is -2.24. The van der Waals surface area contributed by atoms with Gasteiger partial charge in [-0.1, -0.05) is 46.0 Å². The molecule has 0 rings (SSSR count). The fourth-order valence-electron chi connectivity index (χ4n) is 1.47. The molecule has 0 fully saturated rings. The molecule has 134 valence electrons. The van der Waals surface area contributed by atoms with Crippen molar-refractivity contribution in [2.45, 2.75) is 78.2 Å². The van der Waals surface area contributed by atoms with Crippen LogP contribution < -0.4 is 0 Å². The molecule has 0 aromatic rings. The maximum atomic E-state index is 11.4. The summed E-state index contributed by atoms with van der Waals surface area (Å²) in [5, 5.41) is 4.38. The molecular weight excluding hydrogens is 300 g/mol. The summed E-state index contributed by atoms with van der Waals surface area (Å²) in [7, 11) is 0. The van der Waals surface area contributed by atoms with Gasteiger partial charge in [0.05, 0.1) is 6.61 Å². The van der Waals surface area contributed by atoms with E-state index < -0.39 is 17.5 Å². The summed E-state index contributed by atoms with van der Waals surface area (Å²) in [4.78, 5) is 31.9. The van der Waals surface area contributed by atoms with Crippen molar-refractivity contribution in [3.63, 3.8) is 0 Å². The molecule has 0 atom stereocenters. The molecule has 6 nitrogen and oxygen atoms in total. The Morgan fingerprint density at radius 3 is 2.17 bits per heavy atom. The average molecular weight is 330 g/mol. The van der Waals surface area contributed by atoms with Crippen LogP contribution in [0.5, 0.6) is 0 Å². The largest absolute Gasteiger partial charge is 0.463 e. The fourth-order valence-corrected chi connectivity index (χ4v) is 1.47. The molecule has 0 amide bonds. The van der Waals surface area contributed by atoms with Crippen LogP contribution in [0.25, 0.3) is 0 Å². The van der Waals surface area contributed by atoms with Crippen molar-refractivity contribution < 1.29 is 29.1 Å². The second-order valence-corrected chi connectivity index (χ2v) is 5.94. The van der Waals surface area contributed by atoms with Gasteiger partial charge in [0, 0.05) is 12.2 Å². The van der Waals surface area contributed by atoms with Crippen molar-refractivity contribution in [1.82, 2.24) is 0 Å². The Labute approximate surface area is 139 Å². The van der Waals surface area contributed by atoms with E-state index in [0.717, 1.165) is 31.4 Å².